The molecule has 0 spiro atoms. The van der Waals surface area contributed by atoms with Crippen LogP contribution in [0.5, 0.6) is 5.75 Å². The average Bonchev–Trinajstić information content (AvgIpc) is 2.50. The van der Waals surface area contributed by atoms with Gasteiger partial charge in [-0.15, -0.1) is 0 Å². The molecule has 2 N–H and O–H groups in total. The van der Waals surface area contributed by atoms with Crippen LogP contribution in [-0.4, -0.2) is 22.5 Å². The molecule has 0 unspecified atom stereocenters. The van der Waals surface area contributed by atoms with Crippen LogP contribution in [0, 0.1) is 13.8 Å². The average molecular weight is 314 g/mol. The van der Waals surface area contributed by atoms with E-state index in [0.29, 0.717) is 17.6 Å². The summed E-state index contributed by atoms with van der Waals surface area (Å²) in [4.78, 5) is 20.2. The highest BCUT2D eigenvalue weighted by Crippen LogP contribution is 2.19. The van der Waals surface area contributed by atoms with Crippen LogP contribution in [0.3, 0.4) is 0 Å². The predicted octanol–water partition coefficient (Wildman–Crippen LogP) is 2.74. The van der Waals surface area contributed by atoms with Crippen LogP contribution < -0.4 is 15.6 Å². The Balaban J connectivity index is 1.84. The molecular formula is C17H22N4O2. The van der Waals surface area contributed by atoms with Crippen molar-refractivity contribution in [3.05, 3.63) is 47.3 Å². The van der Waals surface area contributed by atoms with E-state index < -0.39 is 0 Å². The van der Waals surface area contributed by atoms with Gasteiger partial charge < -0.3 is 4.74 Å². The van der Waals surface area contributed by atoms with E-state index in [1.165, 1.54) is 5.56 Å². The maximum Gasteiger partial charge on any atom is 0.276 e. The smallest absolute Gasteiger partial charge is 0.276 e. The number of hydrogen-bond acceptors (Lipinski definition) is 5. The van der Waals surface area contributed by atoms with Crippen LogP contribution >= 0.6 is 0 Å². The minimum atomic E-state index is -0.303. The van der Waals surface area contributed by atoms with Crippen molar-refractivity contribution in [2.24, 2.45) is 0 Å². The summed E-state index contributed by atoms with van der Waals surface area (Å²) < 4.78 is 5.50. The molecule has 0 radical (unpaired) electrons. The molecular weight excluding hydrogens is 292 g/mol. The Morgan fingerprint density at radius 3 is 2.52 bits per heavy atom. The number of carbonyl (C=O) groups is 1. The van der Waals surface area contributed by atoms with Gasteiger partial charge in [0.2, 0.25) is 5.95 Å². The second-order valence-electron chi connectivity index (χ2n) is 5.66. The normalized spacial score (nSPS) is 10.5. The number of anilines is 1. The monoisotopic (exact) mass is 314 g/mol. The Bertz CT molecular complexity index is 666. The van der Waals surface area contributed by atoms with Crippen molar-refractivity contribution in [2.75, 3.05) is 12.0 Å². The highest BCUT2D eigenvalue weighted by molar-refractivity contribution is 5.78. The molecule has 0 bridgehead atoms. The van der Waals surface area contributed by atoms with Gasteiger partial charge in [0.05, 0.1) is 0 Å². The van der Waals surface area contributed by atoms with E-state index in [-0.39, 0.29) is 12.5 Å². The molecule has 1 aromatic heterocycles. The lowest BCUT2D eigenvalue weighted by Gasteiger charge is -2.11. The first-order chi connectivity index (χ1) is 10.9. The van der Waals surface area contributed by atoms with E-state index in [4.69, 9.17) is 4.74 Å². The number of rotatable bonds is 6. The van der Waals surface area contributed by atoms with Gasteiger partial charge in [-0.2, -0.15) is 0 Å². The summed E-state index contributed by atoms with van der Waals surface area (Å²) in [5, 5.41) is 0. The number of nitrogens with zero attached hydrogens (tertiary/aromatic N) is 2. The van der Waals surface area contributed by atoms with Gasteiger partial charge in [-0.3, -0.25) is 15.6 Å². The highest BCUT2D eigenvalue weighted by atomic mass is 16.5. The zero-order valence-corrected chi connectivity index (χ0v) is 13.9. The number of hydrazine groups is 1. The molecule has 1 heterocycles. The molecule has 6 heteroatoms. The van der Waals surface area contributed by atoms with Crippen molar-refractivity contribution in [2.45, 2.75) is 33.6 Å². The number of hydrogen-bond donors (Lipinski definition) is 2. The quantitative estimate of drug-likeness (QED) is 0.802. The standard InChI is InChI=1S/C17H22N4O2/c1-11(2)14-6-5-7-15(9-14)23-10-16(22)20-21-17-18-12(3)8-13(4)19-17/h5-9,11H,10H2,1-4H3,(H,20,22)(H,18,19,21). The van der Waals surface area contributed by atoms with Gasteiger partial charge in [0.1, 0.15) is 5.75 Å². The van der Waals surface area contributed by atoms with Gasteiger partial charge in [-0.05, 0) is 43.5 Å². The number of ether oxygens (including phenoxy) is 1. The van der Waals surface area contributed by atoms with Gasteiger partial charge in [-0.25, -0.2) is 9.97 Å². The third-order valence-corrected chi connectivity index (χ3v) is 3.19. The van der Waals surface area contributed by atoms with Crippen molar-refractivity contribution < 1.29 is 9.53 Å². The Morgan fingerprint density at radius 1 is 1.17 bits per heavy atom. The summed E-state index contributed by atoms with van der Waals surface area (Å²) in [6, 6.07) is 9.59. The molecule has 0 aliphatic rings. The number of amides is 1. The van der Waals surface area contributed by atoms with Crippen LogP contribution in [0.2, 0.25) is 0 Å². The van der Waals surface area contributed by atoms with Crippen molar-refractivity contribution in [1.82, 2.24) is 15.4 Å². The van der Waals surface area contributed by atoms with E-state index in [1.54, 1.807) is 0 Å². The van der Waals surface area contributed by atoms with E-state index in [9.17, 15) is 4.79 Å². The molecule has 122 valence electrons. The SMILES string of the molecule is Cc1cc(C)nc(NNC(=O)COc2cccc(C(C)C)c2)n1. The van der Waals surface area contributed by atoms with Crippen molar-refractivity contribution >= 4 is 11.9 Å². The first kappa shape index (κ1) is 16.7. The lowest BCUT2D eigenvalue weighted by molar-refractivity contribution is -0.122. The Labute approximate surface area is 136 Å². The van der Waals surface area contributed by atoms with E-state index >= 15 is 0 Å². The first-order valence-corrected chi connectivity index (χ1v) is 7.54. The summed E-state index contributed by atoms with van der Waals surface area (Å²) in [6.45, 7) is 7.87. The van der Waals surface area contributed by atoms with Gasteiger partial charge in [0, 0.05) is 11.4 Å². The molecule has 2 aromatic rings. The predicted molar refractivity (Wildman–Crippen MR) is 89.3 cm³/mol. The molecule has 23 heavy (non-hydrogen) atoms. The van der Waals surface area contributed by atoms with Crippen molar-refractivity contribution in [3.8, 4) is 5.75 Å². The Hall–Kier alpha value is -2.63. The fourth-order valence-electron chi connectivity index (χ4n) is 2.06. The largest absolute Gasteiger partial charge is 0.484 e. The second kappa shape index (κ2) is 7.58. The van der Waals surface area contributed by atoms with Crippen molar-refractivity contribution in [3.63, 3.8) is 0 Å². The van der Waals surface area contributed by atoms with E-state index in [1.807, 2.05) is 44.2 Å². The highest BCUT2D eigenvalue weighted by Gasteiger charge is 2.06. The number of benzene rings is 1. The molecule has 0 aliphatic heterocycles. The zero-order chi connectivity index (χ0) is 16.8. The third kappa shape index (κ3) is 5.25. The summed E-state index contributed by atoms with van der Waals surface area (Å²) in [5.41, 5.74) is 8.04. The Kier molecular flexibility index (Phi) is 5.51. The zero-order valence-electron chi connectivity index (χ0n) is 13.9. The third-order valence-electron chi connectivity index (χ3n) is 3.19. The van der Waals surface area contributed by atoms with E-state index in [2.05, 4.69) is 34.7 Å². The maximum atomic E-state index is 11.8. The van der Waals surface area contributed by atoms with Crippen LogP contribution in [-0.2, 0) is 4.79 Å². The molecule has 0 saturated carbocycles. The maximum absolute atomic E-state index is 11.8. The minimum absolute atomic E-state index is 0.0840. The van der Waals surface area contributed by atoms with Crippen LogP contribution in [0.4, 0.5) is 5.95 Å². The molecule has 0 atom stereocenters. The van der Waals surface area contributed by atoms with Gasteiger partial charge in [0.25, 0.3) is 5.91 Å². The van der Waals surface area contributed by atoms with Gasteiger partial charge >= 0.3 is 0 Å². The first-order valence-electron chi connectivity index (χ1n) is 7.54. The lowest BCUT2D eigenvalue weighted by atomic mass is 10.0. The summed E-state index contributed by atoms with van der Waals surface area (Å²) >= 11 is 0. The number of nitrogens with one attached hydrogen (secondary N) is 2. The number of aromatic nitrogens is 2. The molecule has 6 nitrogen and oxygen atoms in total. The van der Waals surface area contributed by atoms with Crippen LogP contribution in [0.25, 0.3) is 0 Å². The summed E-state index contributed by atoms with van der Waals surface area (Å²) in [5.74, 6) is 1.14. The topological polar surface area (TPSA) is 76.1 Å². The van der Waals surface area contributed by atoms with E-state index in [0.717, 1.165) is 11.4 Å². The minimum Gasteiger partial charge on any atom is -0.484 e. The number of aryl methyl sites for hydroxylation is 2. The number of carbonyl (C=O) groups excluding carboxylic acids is 1. The fourth-order valence-corrected chi connectivity index (χ4v) is 2.06. The van der Waals surface area contributed by atoms with Crippen LogP contribution in [0.1, 0.15) is 36.7 Å². The molecule has 0 fully saturated rings. The van der Waals surface area contributed by atoms with Gasteiger partial charge in [-0.1, -0.05) is 26.0 Å². The molecule has 1 amide bonds. The molecule has 0 aliphatic carbocycles. The van der Waals surface area contributed by atoms with Gasteiger partial charge in [0.15, 0.2) is 6.61 Å². The molecule has 0 saturated heterocycles. The summed E-state index contributed by atoms with van der Waals surface area (Å²) in [6.07, 6.45) is 0. The lowest BCUT2D eigenvalue weighted by Crippen LogP contribution is -2.34. The van der Waals surface area contributed by atoms with Crippen molar-refractivity contribution in [1.29, 1.82) is 0 Å². The molecule has 1 aromatic carbocycles. The fraction of sp³-hybridized carbons (Fsp3) is 0.353. The molecule has 2 rings (SSSR count). The summed E-state index contributed by atoms with van der Waals surface area (Å²) in [7, 11) is 0. The van der Waals surface area contributed by atoms with Crippen LogP contribution in [0.15, 0.2) is 30.3 Å². The second-order valence-corrected chi connectivity index (χ2v) is 5.66. The Morgan fingerprint density at radius 2 is 1.87 bits per heavy atom.